The highest BCUT2D eigenvalue weighted by molar-refractivity contribution is 5.94. The fraction of sp³-hybridized carbons (Fsp3) is 0.438. The number of rotatable bonds is 9. The van der Waals surface area contributed by atoms with Crippen LogP contribution in [-0.2, 0) is 14.3 Å². The molecule has 0 radical (unpaired) electrons. The molecule has 0 bridgehead atoms. The molecular formula is C32H40FN3O8. The van der Waals surface area contributed by atoms with Crippen molar-refractivity contribution in [2.75, 3.05) is 11.6 Å². The number of hydrogen-bond acceptors (Lipinski definition) is 9. The Hall–Kier alpha value is -4.61. The van der Waals surface area contributed by atoms with Gasteiger partial charge in [-0.1, -0.05) is 12.1 Å². The summed E-state index contributed by atoms with van der Waals surface area (Å²) in [6, 6.07) is 6.67. The second-order valence-electron chi connectivity index (χ2n) is 12.2. The van der Waals surface area contributed by atoms with E-state index in [2.05, 4.69) is 4.98 Å². The van der Waals surface area contributed by atoms with Crippen LogP contribution < -0.4 is 14.5 Å². The molecule has 1 atom stereocenters. The Morgan fingerprint density at radius 2 is 1.55 bits per heavy atom. The molecule has 3 aromatic rings. The quantitative estimate of drug-likeness (QED) is 0.246. The summed E-state index contributed by atoms with van der Waals surface area (Å²) in [4.78, 5) is 44.7. The van der Waals surface area contributed by atoms with Crippen LogP contribution >= 0.6 is 0 Å². The first-order valence-corrected chi connectivity index (χ1v) is 14.2. The molecule has 0 aliphatic heterocycles. The number of benzene rings is 2. The number of carboxylic acid groups (broad SMARTS) is 1. The van der Waals surface area contributed by atoms with Crippen molar-refractivity contribution in [1.82, 2.24) is 9.99 Å². The maximum atomic E-state index is 16.4. The lowest BCUT2D eigenvalue weighted by atomic mass is 10.0. The second kappa shape index (κ2) is 13.4. The first kappa shape index (κ1) is 33.9. The molecule has 0 fully saturated rings. The van der Waals surface area contributed by atoms with Crippen LogP contribution in [0.5, 0.6) is 11.5 Å². The zero-order valence-electron chi connectivity index (χ0n) is 26.5. The lowest BCUT2D eigenvalue weighted by molar-refractivity contribution is -0.139. The van der Waals surface area contributed by atoms with E-state index in [1.807, 2.05) is 13.8 Å². The molecular weight excluding hydrogens is 573 g/mol. The Morgan fingerprint density at radius 1 is 0.932 bits per heavy atom. The predicted molar refractivity (Wildman–Crippen MR) is 162 cm³/mol. The number of fused-ring (bicyclic) bond motifs is 1. The van der Waals surface area contributed by atoms with Gasteiger partial charge < -0.3 is 24.1 Å². The number of anilines is 1. The number of hydrazine groups is 1. The van der Waals surface area contributed by atoms with E-state index in [9.17, 15) is 19.5 Å². The molecule has 1 aromatic heterocycles. The van der Waals surface area contributed by atoms with Crippen LogP contribution in [0, 0.1) is 5.82 Å². The number of carbonyl (C=O) groups excluding carboxylic acids is 2. The Morgan fingerprint density at radius 3 is 2.07 bits per heavy atom. The van der Waals surface area contributed by atoms with Crippen LogP contribution in [0.15, 0.2) is 48.8 Å². The van der Waals surface area contributed by atoms with Gasteiger partial charge in [0.2, 0.25) is 0 Å². The molecule has 44 heavy (non-hydrogen) atoms. The van der Waals surface area contributed by atoms with Gasteiger partial charge in [0.1, 0.15) is 11.2 Å². The van der Waals surface area contributed by atoms with Gasteiger partial charge in [0.25, 0.3) is 0 Å². The summed E-state index contributed by atoms with van der Waals surface area (Å²) in [6.07, 6.45) is 0.0230. The van der Waals surface area contributed by atoms with Gasteiger partial charge in [-0.3, -0.25) is 4.98 Å². The van der Waals surface area contributed by atoms with Crippen molar-refractivity contribution >= 4 is 34.6 Å². The molecule has 3 rings (SSSR count). The number of carbonyl (C=O) groups is 3. The molecule has 12 heteroatoms. The summed E-state index contributed by atoms with van der Waals surface area (Å²) in [6.45, 7) is 15.1. The number of pyridine rings is 1. The van der Waals surface area contributed by atoms with E-state index in [1.165, 1.54) is 48.8 Å². The monoisotopic (exact) mass is 613 g/mol. The SMILES string of the molecule is CCOc1cc(C(C(=O)O)N(c2ccc3cnccc3c2F)N(C(=O)OC(C)(C)C)C(=O)OC(C)(C)C)ccc1OC(C)C. The van der Waals surface area contributed by atoms with Crippen LogP contribution in [0.1, 0.15) is 73.9 Å². The van der Waals surface area contributed by atoms with Gasteiger partial charge in [-0.15, -0.1) is 5.01 Å². The van der Waals surface area contributed by atoms with Crippen LogP contribution in [0.4, 0.5) is 19.7 Å². The number of aromatic nitrogens is 1. The number of carboxylic acids is 1. The minimum atomic E-state index is -1.86. The van der Waals surface area contributed by atoms with Crippen LogP contribution in [0.3, 0.4) is 0 Å². The highest BCUT2D eigenvalue weighted by Gasteiger charge is 2.44. The van der Waals surface area contributed by atoms with Crippen molar-refractivity contribution in [3.63, 3.8) is 0 Å². The third-order valence-electron chi connectivity index (χ3n) is 5.75. The van der Waals surface area contributed by atoms with E-state index in [1.54, 1.807) is 48.5 Å². The number of aliphatic carboxylic acids is 1. The molecule has 0 saturated heterocycles. The van der Waals surface area contributed by atoms with Crippen molar-refractivity contribution in [1.29, 1.82) is 0 Å². The second-order valence-corrected chi connectivity index (χ2v) is 12.2. The highest BCUT2D eigenvalue weighted by Crippen LogP contribution is 2.39. The van der Waals surface area contributed by atoms with Gasteiger partial charge in [-0.25, -0.2) is 23.8 Å². The van der Waals surface area contributed by atoms with E-state index in [0.717, 1.165) is 5.01 Å². The van der Waals surface area contributed by atoms with Crippen molar-refractivity contribution in [2.24, 2.45) is 0 Å². The molecule has 1 N–H and O–H groups in total. The van der Waals surface area contributed by atoms with Gasteiger partial charge in [0.15, 0.2) is 23.4 Å². The molecule has 11 nitrogen and oxygen atoms in total. The Labute approximate surface area is 256 Å². The zero-order chi connectivity index (χ0) is 33.0. The van der Waals surface area contributed by atoms with E-state index in [0.29, 0.717) is 16.1 Å². The molecule has 0 aliphatic carbocycles. The minimum absolute atomic E-state index is 0.0448. The fourth-order valence-corrected chi connectivity index (χ4v) is 4.22. The van der Waals surface area contributed by atoms with Gasteiger partial charge in [0, 0.05) is 23.2 Å². The lowest BCUT2D eigenvalue weighted by Gasteiger charge is -2.39. The van der Waals surface area contributed by atoms with Gasteiger partial charge >= 0.3 is 18.2 Å². The van der Waals surface area contributed by atoms with Crippen LogP contribution in [0.25, 0.3) is 10.8 Å². The number of ether oxygens (including phenoxy) is 4. The average molecular weight is 614 g/mol. The molecule has 0 spiro atoms. The van der Waals surface area contributed by atoms with Crippen molar-refractivity contribution in [2.45, 2.75) is 85.7 Å². The molecule has 238 valence electrons. The number of halogens is 1. The third-order valence-corrected chi connectivity index (χ3v) is 5.75. The first-order valence-electron chi connectivity index (χ1n) is 14.2. The smallest absolute Gasteiger partial charge is 0.439 e. The number of imide groups is 1. The maximum absolute atomic E-state index is 16.4. The Balaban J connectivity index is 2.39. The van der Waals surface area contributed by atoms with Gasteiger partial charge in [-0.2, -0.15) is 0 Å². The van der Waals surface area contributed by atoms with E-state index >= 15 is 4.39 Å². The first-order chi connectivity index (χ1) is 20.4. The lowest BCUT2D eigenvalue weighted by Crippen LogP contribution is -2.56. The molecule has 0 aliphatic rings. The number of amides is 2. The summed E-state index contributed by atoms with van der Waals surface area (Å²) in [5, 5.41) is 12.3. The van der Waals surface area contributed by atoms with Gasteiger partial charge in [-0.05, 0) is 92.1 Å². The number of hydrogen-bond donors (Lipinski definition) is 1. The van der Waals surface area contributed by atoms with E-state index < -0.39 is 46.9 Å². The third kappa shape index (κ3) is 8.27. The van der Waals surface area contributed by atoms with Crippen LogP contribution in [-0.4, -0.2) is 57.2 Å². The largest absolute Gasteiger partial charge is 0.490 e. The summed E-state index contributed by atoms with van der Waals surface area (Å²) in [5.41, 5.74) is -2.60. The number of nitrogens with zero attached hydrogens (tertiary/aromatic N) is 3. The van der Waals surface area contributed by atoms with Crippen molar-refractivity contribution < 1.29 is 42.8 Å². The minimum Gasteiger partial charge on any atom is -0.490 e. The van der Waals surface area contributed by atoms with E-state index in [-0.39, 0.29) is 29.4 Å². The standard InChI is InChI=1S/C32H40FN3O8/c1-10-41-25-17-20(12-14-24(25)42-19(2)3)27(28(37)38)35(23-13-11-21-18-34-16-15-22(21)26(23)33)36(29(39)43-31(4,5)6)30(40)44-32(7,8)9/h11-19,27H,10H2,1-9H3,(H,37,38). The summed E-state index contributed by atoms with van der Waals surface area (Å²) < 4.78 is 39.0. The topological polar surface area (TPSA) is 128 Å². The van der Waals surface area contributed by atoms with Crippen molar-refractivity contribution in [3.8, 4) is 11.5 Å². The Kier molecular flexibility index (Phi) is 10.3. The zero-order valence-corrected chi connectivity index (χ0v) is 26.5. The van der Waals surface area contributed by atoms with Crippen molar-refractivity contribution in [3.05, 3.63) is 60.2 Å². The predicted octanol–water partition coefficient (Wildman–Crippen LogP) is 7.28. The molecule has 1 unspecified atom stereocenters. The highest BCUT2D eigenvalue weighted by atomic mass is 19.1. The molecule has 0 saturated carbocycles. The van der Waals surface area contributed by atoms with E-state index in [4.69, 9.17) is 18.9 Å². The van der Waals surface area contributed by atoms with Gasteiger partial charge in [0.05, 0.1) is 18.4 Å². The van der Waals surface area contributed by atoms with Crippen LogP contribution in [0.2, 0.25) is 0 Å². The molecule has 2 amide bonds. The summed E-state index contributed by atoms with van der Waals surface area (Å²) >= 11 is 0. The Bertz CT molecular complexity index is 1490. The molecule has 1 heterocycles. The average Bonchev–Trinajstić information content (AvgIpc) is 2.88. The fourth-order valence-electron chi connectivity index (χ4n) is 4.22. The summed E-state index contributed by atoms with van der Waals surface area (Å²) in [5.74, 6) is -1.85. The molecule has 2 aromatic carbocycles. The maximum Gasteiger partial charge on any atom is 0.439 e. The summed E-state index contributed by atoms with van der Waals surface area (Å²) in [7, 11) is 0. The normalized spacial score (nSPS) is 12.4.